The largest absolute Gasteiger partial charge is 0.480 e. The monoisotopic (exact) mass is 314 g/mol. The normalized spacial score (nSPS) is 10.0. The van der Waals surface area contributed by atoms with Gasteiger partial charge in [-0.1, -0.05) is 41.6 Å². The van der Waals surface area contributed by atoms with Gasteiger partial charge in [0.1, 0.15) is 24.0 Å². The van der Waals surface area contributed by atoms with Crippen LogP contribution in [-0.2, 0) is 4.79 Å². The summed E-state index contributed by atoms with van der Waals surface area (Å²) in [5.74, 6) is -0.787. The third-order valence-electron chi connectivity index (χ3n) is 2.91. The molecule has 0 aliphatic rings. The molecule has 0 aliphatic carbocycles. The highest BCUT2D eigenvalue weighted by molar-refractivity contribution is 7.98. The standard InChI is InChI=1S/C15H14N4O2S/c1-9-3-5-10(6-4-9)13-11(7-16)14(17-8-12(20)21)19-15(18-13)22-2/h3-6H,8H2,1-2H3,(H,20,21)(H,17,18,19). The van der Waals surface area contributed by atoms with Crippen LogP contribution < -0.4 is 5.32 Å². The fourth-order valence-corrected chi connectivity index (χ4v) is 2.21. The summed E-state index contributed by atoms with van der Waals surface area (Å²) in [6.07, 6.45) is 1.82. The van der Waals surface area contributed by atoms with E-state index in [9.17, 15) is 10.1 Å². The fraction of sp³-hybridized carbons (Fsp3) is 0.200. The number of thioether (sulfide) groups is 1. The number of carboxylic acid groups (broad SMARTS) is 1. The minimum atomic E-state index is -1.02. The van der Waals surface area contributed by atoms with E-state index < -0.39 is 5.97 Å². The minimum absolute atomic E-state index is 0.236. The number of nitriles is 1. The zero-order chi connectivity index (χ0) is 16.1. The summed E-state index contributed by atoms with van der Waals surface area (Å²) in [7, 11) is 0. The number of nitrogens with zero attached hydrogens (tertiary/aromatic N) is 3. The number of nitrogens with one attached hydrogen (secondary N) is 1. The van der Waals surface area contributed by atoms with Gasteiger partial charge in [-0.15, -0.1) is 0 Å². The van der Waals surface area contributed by atoms with E-state index >= 15 is 0 Å². The zero-order valence-corrected chi connectivity index (χ0v) is 12.9. The highest BCUT2D eigenvalue weighted by Gasteiger charge is 2.16. The number of carbonyl (C=O) groups is 1. The third-order valence-corrected chi connectivity index (χ3v) is 3.46. The predicted octanol–water partition coefficient (Wildman–Crippen LogP) is 2.54. The second-order valence-corrected chi connectivity index (χ2v) is 5.28. The molecule has 0 bridgehead atoms. The second-order valence-electron chi connectivity index (χ2n) is 4.51. The van der Waals surface area contributed by atoms with Gasteiger partial charge in [0.15, 0.2) is 5.16 Å². The molecular formula is C15H14N4O2S. The average Bonchev–Trinajstić information content (AvgIpc) is 2.52. The highest BCUT2D eigenvalue weighted by Crippen LogP contribution is 2.28. The molecule has 7 heteroatoms. The number of anilines is 1. The molecule has 1 aromatic heterocycles. The second kappa shape index (κ2) is 6.91. The minimum Gasteiger partial charge on any atom is -0.480 e. The van der Waals surface area contributed by atoms with Gasteiger partial charge in [-0.05, 0) is 13.2 Å². The van der Waals surface area contributed by atoms with Crippen LogP contribution in [0.15, 0.2) is 29.4 Å². The maximum absolute atomic E-state index is 10.7. The summed E-state index contributed by atoms with van der Waals surface area (Å²) in [6, 6.07) is 9.68. The Bertz CT molecular complexity index is 738. The molecule has 0 saturated heterocycles. The van der Waals surface area contributed by atoms with E-state index in [0.29, 0.717) is 10.9 Å². The van der Waals surface area contributed by atoms with Crippen molar-refractivity contribution in [3.05, 3.63) is 35.4 Å². The molecule has 2 N–H and O–H groups in total. The Hall–Kier alpha value is -2.59. The average molecular weight is 314 g/mol. The SMILES string of the molecule is CSc1nc(NCC(=O)O)c(C#N)c(-c2ccc(C)cc2)n1. The molecule has 0 aliphatic heterocycles. The molecule has 0 spiro atoms. The van der Waals surface area contributed by atoms with Crippen LogP contribution in [0.1, 0.15) is 11.1 Å². The Kier molecular flexibility index (Phi) is 4.96. The lowest BCUT2D eigenvalue weighted by atomic mass is 10.1. The summed E-state index contributed by atoms with van der Waals surface area (Å²) in [4.78, 5) is 19.3. The molecule has 1 aromatic carbocycles. The first kappa shape index (κ1) is 15.8. The number of aryl methyl sites for hydroxylation is 1. The molecule has 2 rings (SSSR count). The first-order chi connectivity index (χ1) is 10.5. The highest BCUT2D eigenvalue weighted by atomic mass is 32.2. The van der Waals surface area contributed by atoms with Gasteiger partial charge in [-0.25, -0.2) is 9.97 Å². The van der Waals surface area contributed by atoms with E-state index in [1.165, 1.54) is 11.8 Å². The molecule has 112 valence electrons. The molecule has 0 unspecified atom stereocenters. The molecule has 0 atom stereocenters. The summed E-state index contributed by atoms with van der Waals surface area (Å²) < 4.78 is 0. The van der Waals surface area contributed by atoms with Crippen LogP contribution in [0.2, 0.25) is 0 Å². The summed E-state index contributed by atoms with van der Waals surface area (Å²) in [5, 5.41) is 21.4. The van der Waals surface area contributed by atoms with Crippen molar-refractivity contribution in [2.75, 3.05) is 18.1 Å². The van der Waals surface area contributed by atoms with Gasteiger partial charge >= 0.3 is 5.97 Å². The van der Waals surface area contributed by atoms with Gasteiger partial charge < -0.3 is 10.4 Å². The van der Waals surface area contributed by atoms with Crippen molar-refractivity contribution in [1.82, 2.24) is 9.97 Å². The molecule has 1 heterocycles. The first-order valence-corrected chi connectivity index (χ1v) is 7.66. The number of rotatable bonds is 5. The molecule has 0 fully saturated rings. The van der Waals surface area contributed by atoms with E-state index in [2.05, 4.69) is 21.4 Å². The van der Waals surface area contributed by atoms with Crippen molar-refractivity contribution in [3.63, 3.8) is 0 Å². The Labute approximate surface area is 132 Å². The van der Waals surface area contributed by atoms with Crippen LogP contribution in [0.4, 0.5) is 5.82 Å². The lowest BCUT2D eigenvalue weighted by molar-refractivity contribution is -0.134. The maximum atomic E-state index is 10.7. The van der Waals surface area contributed by atoms with Crippen LogP contribution >= 0.6 is 11.8 Å². The van der Waals surface area contributed by atoms with Crippen molar-refractivity contribution in [3.8, 4) is 17.3 Å². The Balaban J connectivity index is 2.56. The predicted molar refractivity (Wildman–Crippen MR) is 84.8 cm³/mol. The van der Waals surface area contributed by atoms with Crippen molar-refractivity contribution in [2.24, 2.45) is 0 Å². The smallest absolute Gasteiger partial charge is 0.322 e. The van der Waals surface area contributed by atoms with Crippen LogP contribution in [0.25, 0.3) is 11.3 Å². The van der Waals surface area contributed by atoms with Gasteiger partial charge in [0, 0.05) is 5.56 Å². The zero-order valence-electron chi connectivity index (χ0n) is 12.1. The van der Waals surface area contributed by atoms with Gasteiger partial charge in [0.2, 0.25) is 0 Å². The molecule has 0 saturated carbocycles. The van der Waals surface area contributed by atoms with Crippen LogP contribution in [0, 0.1) is 18.3 Å². The molecule has 0 amide bonds. The van der Waals surface area contributed by atoms with Crippen molar-refractivity contribution < 1.29 is 9.90 Å². The van der Waals surface area contributed by atoms with Gasteiger partial charge in [-0.2, -0.15) is 5.26 Å². The number of carboxylic acids is 1. The number of aliphatic carboxylic acids is 1. The third kappa shape index (κ3) is 3.54. The number of benzene rings is 1. The van der Waals surface area contributed by atoms with Crippen LogP contribution in [0.3, 0.4) is 0 Å². The van der Waals surface area contributed by atoms with E-state index in [1.54, 1.807) is 0 Å². The van der Waals surface area contributed by atoms with Gasteiger partial charge in [0.25, 0.3) is 0 Å². The lowest BCUT2D eigenvalue weighted by Gasteiger charge is -2.11. The molecule has 0 radical (unpaired) electrons. The van der Waals surface area contributed by atoms with E-state index in [-0.39, 0.29) is 17.9 Å². The van der Waals surface area contributed by atoms with Crippen LogP contribution in [0.5, 0.6) is 0 Å². The van der Waals surface area contributed by atoms with E-state index in [1.807, 2.05) is 37.4 Å². The Morgan fingerprint density at radius 3 is 2.59 bits per heavy atom. The Morgan fingerprint density at radius 1 is 1.36 bits per heavy atom. The lowest BCUT2D eigenvalue weighted by Crippen LogP contribution is -2.15. The number of aromatic nitrogens is 2. The fourth-order valence-electron chi connectivity index (χ4n) is 1.85. The molecule has 22 heavy (non-hydrogen) atoms. The van der Waals surface area contributed by atoms with Crippen molar-refractivity contribution in [1.29, 1.82) is 5.26 Å². The molecule has 6 nitrogen and oxygen atoms in total. The summed E-state index contributed by atoms with van der Waals surface area (Å²) in [5.41, 5.74) is 2.63. The maximum Gasteiger partial charge on any atom is 0.322 e. The quantitative estimate of drug-likeness (QED) is 0.646. The number of hydrogen-bond donors (Lipinski definition) is 2. The summed E-state index contributed by atoms with van der Waals surface area (Å²) in [6.45, 7) is 1.66. The Morgan fingerprint density at radius 2 is 2.05 bits per heavy atom. The van der Waals surface area contributed by atoms with Crippen LogP contribution in [-0.4, -0.2) is 33.8 Å². The number of hydrogen-bond acceptors (Lipinski definition) is 6. The van der Waals surface area contributed by atoms with E-state index in [4.69, 9.17) is 5.11 Å². The molecule has 2 aromatic rings. The molecular weight excluding hydrogens is 300 g/mol. The summed E-state index contributed by atoms with van der Waals surface area (Å²) >= 11 is 1.33. The first-order valence-electron chi connectivity index (χ1n) is 6.44. The topological polar surface area (TPSA) is 98.9 Å². The van der Waals surface area contributed by atoms with Gasteiger partial charge in [-0.3, -0.25) is 4.79 Å². The van der Waals surface area contributed by atoms with E-state index in [0.717, 1.165) is 11.1 Å². The van der Waals surface area contributed by atoms with Crippen molar-refractivity contribution >= 4 is 23.5 Å². The van der Waals surface area contributed by atoms with Crippen molar-refractivity contribution in [2.45, 2.75) is 12.1 Å². The van der Waals surface area contributed by atoms with Gasteiger partial charge in [0.05, 0.1) is 5.69 Å².